The van der Waals surface area contributed by atoms with E-state index in [2.05, 4.69) is 13.8 Å². The van der Waals surface area contributed by atoms with E-state index in [4.69, 9.17) is 0 Å². The van der Waals surface area contributed by atoms with Gasteiger partial charge >= 0.3 is 0 Å². The first-order valence-electron chi connectivity index (χ1n) is 4.98. The molecular weight excluding hydrogens is 162 g/mol. The first kappa shape index (κ1) is 10.3. The number of allylic oxidation sites excluding steroid dienone is 1. The topological polar surface area (TPSA) is 20.3 Å². The molecule has 0 aromatic rings. The van der Waals surface area contributed by atoms with Gasteiger partial charge in [-0.25, -0.2) is 0 Å². The minimum Gasteiger partial charge on any atom is -0.338 e. The molecule has 0 radical (unpaired) electrons. The van der Waals surface area contributed by atoms with E-state index in [1.165, 1.54) is 0 Å². The molecule has 0 aromatic heterocycles. The van der Waals surface area contributed by atoms with Gasteiger partial charge in [-0.05, 0) is 25.7 Å². The lowest BCUT2D eigenvalue weighted by Crippen LogP contribution is -2.29. The highest BCUT2D eigenvalue weighted by atomic mass is 16.2. The van der Waals surface area contributed by atoms with Gasteiger partial charge in [0.2, 0.25) is 5.91 Å². The molecule has 13 heavy (non-hydrogen) atoms. The van der Waals surface area contributed by atoms with E-state index < -0.39 is 0 Å². The maximum Gasteiger partial charge on any atom is 0.249 e. The quantitative estimate of drug-likeness (QED) is 0.567. The fraction of sp³-hybridized carbons (Fsp3) is 0.727. The normalized spacial score (nSPS) is 29.5. The van der Waals surface area contributed by atoms with Gasteiger partial charge in [-0.3, -0.25) is 4.79 Å². The molecule has 74 valence electrons. The first-order valence-corrected chi connectivity index (χ1v) is 4.98. The van der Waals surface area contributed by atoms with Crippen LogP contribution in [0.4, 0.5) is 0 Å². The summed E-state index contributed by atoms with van der Waals surface area (Å²) in [6, 6.07) is 0. The Morgan fingerprint density at radius 3 is 2.15 bits per heavy atom. The smallest absolute Gasteiger partial charge is 0.249 e. The average molecular weight is 181 g/mol. The van der Waals surface area contributed by atoms with Crippen LogP contribution >= 0.6 is 0 Å². The van der Waals surface area contributed by atoms with Crippen LogP contribution in [0.15, 0.2) is 11.6 Å². The number of carbonyl (C=O) groups excluding carboxylic acids is 1. The molecule has 0 aliphatic carbocycles. The number of amides is 1. The summed E-state index contributed by atoms with van der Waals surface area (Å²) in [4.78, 5) is 13.7. The monoisotopic (exact) mass is 181 g/mol. The van der Waals surface area contributed by atoms with Crippen molar-refractivity contribution in [2.24, 2.45) is 11.8 Å². The van der Waals surface area contributed by atoms with E-state index in [0.29, 0.717) is 11.8 Å². The number of rotatable bonds is 1. The van der Waals surface area contributed by atoms with Crippen molar-refractivity contribution < 1.29 is 4.79 Å². The van der Waals surface area contributed by atoms with Gasteiger partial charge < -0.3 is 4.90 Å². The highest BCUT2D eigenvalue weighted by Gasteiger charge is 2.29. The van der Waals surface area contributed by atoms with E-state index in [0.717, 1.165) is 18.7 Å². The highest BCUT2D eigenvalue weighted by molar-refractivity contribution is 5.92. The van der Waals surface area contributed by atoms with E-state index in [1.54, 1.807) is 0 Å². The van der Waals surface area contributed by atoms with Crippen molar-refractivity contribution in [1.29, 1.82) is 0 Å². The maximum absolute atomic E-state index is 11.7. The third-order valence-corrected chi connectivity index (χ3v) is 3.05. The summed E-state index contributed by atoms with van der Waals surface area (Å²) >= 11 is 0. The molecule has 1 rings (SSSR count). The zero-order valence-electron chi connectivity index (χ0n) is 9.00. The average Bonchev–Trinajstić information content (AvgIpc) is 2.44. The summed E-state index contributed by atoms with van der Waals surface area (Å²) in [5.41, 5.74) is 0.862. The molecule has 0 aromatic carbocycles. The number of likely N-dealkylation sites (tertiary alicyclic amines) is 1. The summed E-state index contributed by atoms with van der Waals surface area (Å²) in [5.74, 6) is 1.50. The van der Waals surface area contributed by atoms with Crippen LogP contribution in [0.5, 0.6) is 0 Å². The van der Waals surface area contributed by atoms with Crippen LogP contribution in [0.2, 0.25) is 0 Å². The third-order valence-electron chi connectivity index (χ3n) is 3.05. The molecule has 0 spiro atoms. The van der Waals surface area contributed by atoms with E-state index in [9.17, 15) is 4.79 Å². The summed E-state index contributed by atoms with van der Waals surface area (Å²) < 4.78 is 0. The lowest BCUT2D eigenvalue weighted by molar-refractivity contribution is -0.126. The molecule has 2 heteroatoms. The summed E-state index contributed by atoms with van der Waals surface area (Å²) in [7, 11) is 0. The Kier molecular flexibility index (Phi) is 3.12. The summed E-state index contributed by atoms with van der Waals surface area (Å²) in [6.07, 6.45) is 1.88. The molecular formula is C11H19NO. The summed E-state index contributed by atoms with van der Waals surface area (Å²) in [5, 5.41) is 0. The van der Waals surface area contributed by atoms with Crippen molar-refractivity contribution in [2.45, 2.75) is 27.7 Å². The Labute approximate surface area is 80.6 Å². The van der Waals surface area contributed by atoms with Crippen molar-refractivity contribution in [2.75, 3.05) is 13.1 Å². The lowest BCUT2D eigenvalue weighted by Gasteiger charge is -2.15. The molecule has 1 saturated heterocycles. The van der Waals surface area contributed by atoms with Crippen LogP contribution in [-0.2, 0) is 4.79 Å². The second-order valence-electron chi connectivity index (χ2n) is 4.14. The van der Waals surface area contributed by atoms with Crippen molar-refractivity contribution in [3.8, 4) is 0 Å². The molecule has 0 N–H and O–H groups in total. The van der Waals surface area contributed by atoms with Crippen LogP contribution in [-0.4, -0.2) is 23.9 Å². The van der Waals surface area contributed by atoms with Gasteiger partial charge in [0.1, 0.15) is 0 Å². The standard InChI is InChI=1S/C11H19NO/c1-5-8(2)11(13)12-6-9(3)10(4)7-12/h5,9-10H,6-7H2,1-4H3/b8-5-. The number of hydrogen-bond acceptors (Lipinski definition) is 1. The van der Waals surface area contributed by atoms with Gasteiger partial charge in [-0.2, -0.15) is 0 Å². The molecule has 0 saturated carbocycles. The van der Waals surface area contributed by atoms with Crippen LogP contribution in [0, 0.1) is 11.8 Å². The van der Waals surface area contributed by atoms with Crippen LogP contribution in [0.25, 0.3) is 0 Å². The maximum atomic E-state index is 11.7. The van der Waals surface area contributed by atoms with Gasteiger partial charge in [0, 0.05) is 18.7 Å². The van der Waals surface area contributed by atoms with E-state index in [-0.39, 0.29) is 5.91 Å². The van der Waals surface area contributed by atoms with Gasteiger partial charge in [0.25, 0.3) is 0 Å². The molecule has 0 bridgehead atoms. The molecule has 1 aliphatic rings. The Morgan fingerprint density at radius 1 is 1.31 bits per heavy atom. The SMILES string of the molecule is C/C=C(/C)C(=O)N1CC(C)C(C)C1. The number of nitrogens with zero attached hydrogens (tertiary/aromatic N) is 1. The minimum absolute atomic E-state index is 0.207. The fourth-order valence-corrected chi connectivity index (χ4v) is 1.67. The first-order chi connectivity index (χ1) is 6.06. The zero-order valence-corrected chi connectivity index (χ0v) is 9.00. The molecule has 2 atom stereocenters. The Bertz CT molecular complexity index is 222. The predicted molar refractivity (Wildman–Crippen MR) is 54.3 cm³/mol. The number of carbonyl (C=O) groups is 1. The predicted octanol–water partition coefficient (Wildman–Crippen LogP) is 2.07. The van der Waals surface area contributed by atoms with Crippen LogP contribution < -0.4 is 0 Å². The van der Waals surface area contributed by atoms with Crippen LogP contribution in [0.3, 0.4) is 0 Å². The summed E-state index contributed by atoms with van der Waals surface area (Å²) in [6.45, 7) is 10.1. The third kappa shape index (κ3) is 2.11. The van der Waals surface area contributed by atoms with Gasteiger partial charge in [0.15, 0.2) is 0 Å². The molecule has 1 amide bonds. The van der Waals surface area contributed by atoms with E-state index >= 15 is 0 Å². The van der Waals surface area contributed by atoms with Gasteiger partial charge in [-0.15, -0.1) is 0 Å². The van der Waals surface area contributed by atoms with Crippen molar-refractivity contribution in [3.05, 3.63) is 11.6 Å². The molecule has 2 nitrogen and oxygen atoms in total. The minimum atomic E-state index is 0.207. The Morgan fingerprint density at radius 2 is 1.77 bits per heavy atom. The van der Waals surface area contributed by atoms with E-state index in [1.807, 2.05) is 24.8 Å². The lowest BCUT2D eigenvalue weighted by atomic mass is 10.0. The highest BCUT2D eigenvalue weighted by Crippen LogP contribution is 2.23. The van der Waals surface area contributed by atoms with Crippen molar-refractivity contribution in [3.63, 3.8) is 0 Å². The Hall–Kier alpha value is -0.790. The molecule has 1 aliphatic heterocycles. The largest absolute Gasteiger partial charge is 0.338 e. The van der Waals surface area contributed by atoms with Crippen LogP contribution in [0.1, 0.15) is 27.7 Å². The Balaban J connectivity index is 2.61. The fourth-order valence-electron chi connectivity index (χ4n) is 1.67. The second kappa shape index (κ2) is 3.95. The van der Waals surface area contributed by atoms with Crippen molar-refractivity contribution >= 4 is 5.91 Å². The van der Waals surface area contributed by atoms with Gasteiger partial charge in [-0.1, -0.05) is 19.9 Å². The van der Waals surface area contributed by atoms with Gasteiger partial charge in [0.05, 0.1) is 0 Å². The number of hydrogen-bond donors (Lipinski definition) is 0. The van der Waals surface area contributed by atoms with Crippen molar-refractivity contribution in [1.82, 2.24) is 4.90 Å². The molecule has 1 fully saturated rings. The second-order valence-corrected chi connectivity index (χ2v) is 4.14. The molecule has 2 unspecified atom stereocenters. The molecule has 1 heterocycles. The zero-order chi connectivity index (χ0) is 10.0.